The molecule has 98 valence electrons. The van der Waals surface area contributed by atoms with Gasteiger partial charge in [-0.2, -0.15) is 0 Å². The molecule has 0 unspecified atom stereocenters. The van der Waals surface area contributed by atoms with E-state index in [0.717, 1.165) is 19.3 Å². The molecule has 0 radical (unpaired) electrons. The highest BCUT2D eigenvalue weighted by Crippen LogP contribution is 2.60. The quantitative estimate of drug-likeness (QED) is 0.535. The summed E-state index contributed by atoms with van der Waals surface area (Å²) in [7, 11) is 0. The van der Waals surface area contributed by atoms with Crippen molar-refractivity contribution >= 4 is 29.2 Å². The van der Waals surface area contributed by atoms with E-state index in [-0.39, 0.29) is 27.7 Å². The van der Waals surface area contributed by atoms with Gasteiger partial charge in [0.1, 0.15) is 4.49 Å². The number of ether oxygens (including phenoxy) is 1. The van der Waals surface area contributed by atoms with Gasteiger partial charge in [-0.1, -0.05) is 56.8 Å². The highest BCUT2D eigenvalue weighted by atomic mass is 35.5. The second-order valence-corrected chi connectivity index (χ2v) is 6.16. The number of carbonyl (C=O) groups excluding carboxylic acids is 1. The van der Waals surface area contributed by atoms with Crippen LogP contribution >= 0.6 is 23.2 Å². The van der Waals surface area contributed by atoms with Crippen LogP contribution in [0.1, 0.15) is 40.0 Å². The summed E-state index contributed by atoms with van der Waals surface area (Å²) in [5.41, 5.74) is -0.0864. The zero-order chi connectivity index (χ0) is 13.1. The molecular weight excluding hydrogens is 259 g/mol. The lowest BCUT2D eigenvalue weighted by molar-refractivity contribution is -0.146. The Labute approximate surface area is 113 Å². The topological polar surface area (TPSA) is 26.3 Å². The van der Waals surface area contributed by atoms with Crippen molar-refractivity contribution in [1.29, 1.82) is 0 Å². The number of hydrogen-bond donors (Lipinski definition) is 0. The number of halogens is 2. The smallest absolute Gasteiger partial charge is 0.310 e. The Kier molecular flexibility index (Phi) is 5.33. The molecule has 1 aliphatic carbocycles. The normalized spacial score (nSPS) is 25.2. The van der Waals surface area contributed by atoms with Gasteiger partial charge in [-0.05, 0) is 23.8 Å². The number of allylic oxidation sites excluding steroid dienone is 1. The maximum Gasteiger partial charge on any atom is 0.310 e. The van der Waals surface area contributed by atoms with Gasteiger partial charge in [0.25, 0.3) is 0 Å². The van der Waals surface area contributed by atoms with Gasteiger partial charge in [-0.3, -0.25) is 4.79 Å². The lowest BCUT2D eigenvalue weighted by Gasteiger charge is -2.04. The Morgan fingerprint density at radius 2 is 2.00 bits per heavy atom. The Hall–Kier alpha value is -0.210. The largest absolute Gasteiger partial charge is 0.465 e. The molecule has 0 aromatic rings. The summed E-state index contributed by atoms with van der Waals surface area (Å²) in [5.74, 6) is -0.121. The number of carbonyl (C=O) groups is 1. The predicted octanol–water partition coefficient (Wildman–Crippen LogP) is 4.31. The minimum absolute atomic E-state index is 0.0864. The molecule has 0 aliphatic heterocycles. The average Bonchev–Trinajstić information content (AvgIpc) is 2.74. The van der Waals surface area contributed by atoms with Crippen molar-refractivity contribution in [2.24, 2.45) is 17.3 Å². The van der Waals surface area contributed by atoms with Crippen molar-refractivity contribution < 1.29 is 9.53 Å². The molecule has 1 fully saturated rings. The zero-order valence-electron chi connectivity index (χ0n) is 10.6. The fourth-order valence-corrected chi connectivity index (χ4v) is 2.46. The molecule has 1 rings (SSSR count). The maximum absolute atomic E-state index is 11.8. The summed E-state index contributed by atoms with van der Waals surface area (Å²) >= 11 is 11.3. The van der Waals surface area contributed by atoms with Crippen LogP contribution in [-0.2, 0) is 9.53 Å². The van der Waals surface area contributed by atoms with Crippen LogP contribution in [0.15, 0.2) is 10.6 Å². The van der Waals surface area contributed by atoms with Crippen LogP contribution in [0, 0.1) is 17.3 Å². The van der Waals surface area contributed by atoms with Crippen LogP contribution in [0.5, 0.6) is 0 Å². The Bertz CT molecular complexity index is 307. The molecular formula is C13H20Cl2O2. The van der Waals surface area contributed by atoms with Crippen LogP contribution in [0.4, 0.5) is 0 Å². The Morgan fingerprint density at radius 1 is 1.35 bits per heavy atom. The lowest BCUT2D eigenvalue weighted by atomic mass is 10.1. The summed E-state index contributed by atoms with van der Waals surface area (Å²) < 4.78 is 5.49. The van der Waals surface area contributed by atoms with E-state index in [4.69, 9.17) is 27.9 Å². The van der Waals surface area contributed by atoms with Crippen molar-refractivity contribution in [3.63, 3.8) is 0 Å². The molecule has 1 saturated carbocycles. The van der Waals surface area contributed by atoms with E-state index in [1.54, 1.807) is 6.08 Å². The zero-order valence-corrected chi connectivity index (χ0v) is 12.1. The van der Waals surface area contributed by atoms with Gasteiger partial charge in [0.2, 0.25) is 0 Å². The predicted molar refractivity (Wildman–Crippen MR) is 71.0 cm³/mol. The first-order valence-electron chi connectivity index (χ1n) is 6.10. The molecule has 0 bridgehead atoms. The third-order valence-corrected chi connectivity index (χ3v) is 3.71. The average molecular weight is 279 g/mol. The molecule has 4 heteroatoms. The van der Waals surface area contributed by atoms with Crippen LogP contribution < -0.4 is 0 Å². The highest BCUT2D eigenvalue weighted by Gasteiger charge is 2.61. The van der Waals surface area contributed by atoms with E-state index in [0.29, 0.717) is 6.61 Å². The fourth-order valence-electron chi connectivity index (χ4n) is 2.19. The van der Waals surface area contributed by atoms with E-state index in [1.807, 2.05) is 13.8 Å². The van der Waals surface area contributed by atoms with E-state index < -0.39 is 0 Å². The second-order valence-electron chi connectivity index (χ2n) is 5.16. The van der Waals surface area contributed by atoms with Gasteiger partial charge in [-0.15, -0.1) is 0 Å². The Balaban J connectivity index is 2.41. The summed E-state index contributed by atoms with van der Waals surface area (Å²) in [6.07, 6.45) is 4.89. The van der Waals surface area contributed by atoms with Gasteiger partial charge in [0, 0.05) is 0 Å². The first-order chi connectivity index (χ1) is 7.91. The van der Waals surface area contributed by atoms with Gasteiger partial charge in [0.05, 0.1) is 12.5 Å². The lowest BCUT2D eigenvalue weighted by Crippen LogP contribution is -2.11. The molecule has 2 atom stereocenters. The van der Waals surface area contributed by atoms with E-state index in [1.165, 1.54) is 0 Å². The van der Waals surface area contributed by atoms with Gasteiger partial charge in [0.15, 0.2) is 0 Å². The third kappa shape index (κ3) is 3.89. The number of esters is 1. The van der Waals surface area contributed by atoms with Crippen LogP contribution in [0.3, 0.4) is 0 Å². The number of unbranched alkanes of at least 4 members (excludes halogenated alkanes) is 2. The highest BCUT2D eigenvalue weighted by molar-refractivity contribution is 6.55. The first-order valence-corrected chi connectivity index (χ1v) is 6.86. The summed E-state index contributed by atoms with van der Waals surface area (Å²) in [6.45, 7) is 6.70. The van der Waals surface area contributed by atoms with Crippen molar-refractivity contribution in [2.45, 2.75) is 40.0 Å². The van der Waals surface area contributed by atoms with Crippen molar-refractivity contribution in [3.8, 4) is 0 Å². The van der Waals surface area contributed by atoms with Crippen LogP contribution in [0.2, 0.25) is 0 Å². The second kappa shape index (κ2) is 6.10. The van der Waals surface area contributed by atoms with Gasteiger partial charge < -0.3 is 4.74 Å². The van der Waals surface area contributed by atoms with Crippen LogP contribution in [0.25, 0.3) is 0 Å². The number of rotatable bonds is 6. The standard InChI is InChI=1S/C13H20Cl2O2/c1-4-5-6-7-17-12(16)11-9(8-10(14)15)13(11,2)3/h8-9,11H,4-7H2,1-3H3/t9-,11+/m1/s1. The minimum atomic E-state index is -0.123. The van der Waals surface area contributed by atoms with Crippen molar-refractivity contribution in [1.82, 2.24) is 0 Å². The molecule has 1 aliphatic rings. The Morgan fingerprint density at radius 3 is 2.53 bits per heavy atom. The molecule has 0 spiro atoms. The molecule has 2 nitrogen and oxygen atoms in total. The fraction of sp³-hybridized carbons (Fsp3) is 0.769. The molecule has 0 aromatic carbocycles. The third-order valence-electron chi connectivity index (χ3n) is 3.46. The van der Waals surface area contributed by atoms with E-state index in [2.05, 4.69) is 6.92 Å². The molecule has 0 saturated heterocycles. The summed E-state index contributed by atoms with van der Waals surface area (Å²) in [6, 6.07) is 0. The van der Waals surface area contributed by atoms with E-state index >= 15 is 0 Å². The summed E-state index contributed by atoms with van der Waals surface area (Å²) in [5, 5.41) is 0. The van der Waals surface area contributed by atoms with Crippen LogP contribution in [-0.4, -0.2) is 12.6 Å². The number of hydrogen-bond acceptors (Lipinski definition) is 2. The molecule has 17 heavy (non-hydrogen) atoms. The molecule has 0 N–H and O–H groups in total. The SMILES string of the molecule is CCCCCOC(=O)[C@@H]1[C@@H](C=C(Cl)Cl)C1(C)C. The molecule has 0 amide bonds. The van der Waals surface area contributed by atoms with Gasteiger partial charge in [-0.25, -0.2) is 0 Å². The molecule has 0 heterocycles. The monoisotopic (exact) mass is 278 g/mol. The molecule has 0 aromatic heterocycles. The maximum atomic E-state index is 11.8. The summed E-state index contributed by atoms with van der Waals surface area (Å²) in [4.78, 5) is 11.8. The van der Waals surface area contributed by atoms with E-state index in [9.17, 15) is 4.79 Å². The van der Waals surface area contributed by atoms with Crippen molar-refractivity contribution in [2.75, 3.05) is 6.61 Å². The van der Waals surface area contributed by atoms with Gasteiger partial charge >= 0.3 is 5.97 Å². The van der Waals surface area contributed by atoms with Crippen molar-refractivity contribution in [3.05, 3.63) is 10.6 Å². The first kappa shape index (κ1) is 14.8. The minimum Gasteiger partial charge on any atom is -0.465 e.